The smallest absolute Gasteiger partial charge is 0.354 e. The summed E-state index contributed by atoms with van der Waals surface area (Å²) in [6.45, 7) is 7.14. The van der Waals surface area contributed by atoms with Gasteiger partial charge in [0.25, 0.3) is 0 Å². The summed E-state index contributed by atoms with van der Waals surface area (Å²) < 4.78 is 40.1. The van der Waals surface area contributed by atoms with E-state index in [1.54, 1.807) is 0 Å². The highest BCUT2D eigenvalue weighted by Crippen LogP contribution is 2.28. The molecule has 1 unspecified atom stereocenters. The molecule has 0 bridgehead atoms. The van der Waals surface area contributed by atoms with Crippen molar-refractivity contribution < 1.29 is 18.0 Å². The van der Waals surface area contributed by atoms with Gasteiger partial charge in [-0.3, -0.25) is 9.69 Å². The van der Waals surface area contributed by atoms with Crippen molar-refractivity contribution in [1.82, 2.24) is 15.5 Å². The van der Waals surface area contributed by atoms with Gasteiger partial charge < -0.3 is 10.6 Å². The Morgan fingerprint density at radius 1 is 1.19 bits per heavy atom. The van der Waals surface area contributed by atoms with Crippen LogP contribution in [0.15, 0.2) is 24.3 Å². The summed E-state index contributed by atoms with van der Waals surface area (Å²) in [7, 11) is 0. The molecule has 1 heterocycles. The van der Waals surface area contributed by atoms with Crippen LogP contribution in [0.4, 0.5) is 13.2 Å². The van der Waals surface area contributed by atoms with Gasteiger partial charge in [0.05, 0.1) is 0 Å². The first-order valence-corrected chi connectivity index (χ1v) is 8.95. The predicted molar refractivity (Wildman–Crippen MR) is 96.1 cm³/mol. The highest BCUT2D eigenvalue weighted by Gasteiger charge is 2.44. The lowest BCUT2D eigenvalue weighted by Gasteiger charge is -2.36. The zero-order valence-electron chi connectivity index (χ0n) is 15.6. The summed E-state index contributed by atoms with van der Waals surface area (Å²) in [5.41, 5.74) is 1.67. The maximum absolute atomic E-state index is 13.4. The molecule has 0 radical (unpaired) electrons. The molecule has 1 aromatic carbocycles. The van der Waals surface area contributed by atoms with E-state index in [-0.39, 0.29) is 12.3 Å². The van der Waals surface area contributed by atoms with Crippen LogP contribution in [0, 0.1) is 6.92 Å². The minimum atomic E-state index is -4.36. The summed E-state index contributed by atoms with van der Waals surface area (Å²) in [6, 6.07) is 6.22. The first-order chi connectivity index (χ1) is 12.1. The van der Waals surface area contributed by atoms with Gasteiger partial charge >= 0.3 is 6.18 Å². The molecule has 1 fully saturated rings. The number of piperazine rings is 1. The average Bonchev–Trinajstić information content (AvgIpc) is 2.54. The van der Waals surface area contributed by atoms with Crippen LogP contribution in [0.2, 0.25) is 0 Å². The average molecular weight is 371 g/mol. The van der Waals surface area contributed by atoms with Crippen LogP contribution >= 0.6 is 0 Å². The van der Waals surface area contributed by atoms with E-state index in [4.69, 9.17) is 0 Å². The minimum absolute atomic E-state index is 0.141. The summed E-state index contributed by atoms with van der Waals surface area (Å²) in [6.07, 6.45) is -4.22. The molecular formula is C19H28F3N3O. The van der Waals surface area contributed by atoms with Gasteiger partial charge in [-0.25, -0.2) is 0 Å². The van der Waals surface area contributed by atoms with E-state index in [0.717, 1.165) is 11.1 Å². The molecule has 2 rings (SSSR count). The molecule has 1 amide bonds. The summed E-state index contributed by atoms with van der Waals surface area (Å²) in [5, 5.41) is 5.55. The zero-order chi connectivity index (χ0) is 19.4. The number of hydrogen-bond acceptors (Lipinski definition) is 3. The van der Waals surface area contributed by atoms with Crippen molar-refractivity contribution in [3.05, 3.63) is 35.4 Å². The Kier molecular flexibility index (Phi) is 6.69. The van der Waals surface area contributed by atoms with E-state index in [1.807, 2.05) is 45.0 Å². The number of rotatable bonds is 6. The highest BCUT2D eigenvalue weighted by atomic mass is 19.4. The van der Waals surface area contributed by atoms with Crippen LogP contribution in [0.1, 0.15) is 31.4 Å². The van der Waals surface area contributed by atoms with Crippen LogP contribution in [-0.4, -0.2) is 55.7 Å². The summed E-state index contributed by atoms with van der Waals surface area (Å²) in [4.78, 5) is 13.7. The second-order valence-corrected chi connectivity index (χ2v) is 7.57. The third kappa shape index (κ3) is 5.71. The lowest BCUT2D eigenvalue weighted by Crippen LogP contribution is -2.57. The molecule has 0 aliphatic carbocycles. The van der Waals surface area contributed by atoms with E-state index >= 15 is 0 Å². The lowest BCUT2D eigenvalue weighted by molar-refractivity contribution is -0.184. The number of nitrogens with one attached hydrogen (secondary N) is 2. The molecular weight excluding hydrogens is 343 g/mol. The van der Waals surface area contributed by atoms with Crippen LogP contribution in [0.25, 0.3) is 0 Å². The molecule has 0 spiro atoms. The minimum Gasteiger partial charge on any atom is -0.354 e. The molecule has 146 valence electrons. The number of nitrogens with zero attached hydrogens (tertiary/aromatic N) is 1. The number of aryl methyl sites for hydroxylation is 1. The van der Waals surface area contributed by atoms with Gasteiger partial charge in [0.2, 0.25) is 5.91 Å². The topological polar surface area (TPSA) is 44.4 Å². The van der Waals surface area contributed by atoms with Gasteiger partial charge in [0.1, 0.15) is 6.04 Å². The van der Waals surface area contributed by atoms with Gasteiger partial charge in [-0.2, -0.15) is 13.2 Å². The van der Waals surface area contributed by atoms with Crippen molar-refractivity contribution in [2.75, 3.05) is 32.7 Å². The Balaban J connectivity index is 1.95. The monoisotopic (exact) mass is 371 g/mol. The van der Waals surface area contributed by atoms with Crippen molar-refractivity contribution in [1.29, 1.82) is 0 Å². The van der Waals surface area contributed by atoms with Crippen molar-refractivity contribution in [3.8, 4) is 0 Å². The third-order valence-corrected chi connectivity index (χ3v) is 4.90. The largest absolute Gasteiger partial charge is 0.405 e. The zero-order valence-corrected chi connectivity index (χ0v) is 15.6. The Labute approximate surface area is 153 Å². The number of halogens is 3. The molecule has 1 aliphatic heterocycles. The second-order valence-electron chi connectivity index (χ2n) is 7.57. The molecule has 26 heavy (non-hydrogen) atoms. The SMILES string of the molecule is Cc1ccc(C(C)(C)CC(=O)NCC(N2CCNCC2)C(F)(F)F)cc1. The van der Waals surface area contributed by atoms with E-state index in [9.17, 15) is 18.0 Å². The molecule has 1 saturated heterocycles. The predicted octanol–water partition coefficient (Wildman–Crippen LogP) is 2.62. The summed E-state index contributed by atoms with van der Waals surface area (Å²) in [5.74, 6) is -0.361. The van der Waals surface area contributed by atoms with Gasteiger partial charge in [-0.05, 0) is 17.9 Å². The van der Waals surface area contributed by atoms with Gasteiger partial charge in [0, 0.05) is 39.1 Å². The van der Waals surface area contributed by atoms with Gasteiger partial charge in [-0.1, -0.05) is 43.7 Å². The highest BCUT2D eigenvalue weighted by molar-refractivity contribution is 5.77. The number of carbonyl (C=O) groups is 1. The number of benzene rings is 1. The van der Waals surface area contributed by atoms with Crippen molar-refractivity contribution in [2.45, 2.75) is 44.8 Å². The first kappa shape index (κ1) is 20.7. The Morgan fingerprint density at radius 3 is 2.31 bits per heavy atom. The fourth-order valence-corrected chi connectivity index (χ4v) is 3.23. The van der Waals surface area contributed by atoms with Crippen LogP contribution in [0.3, 0.4) is 0 Å². The molecule has 2 N–H and O–H groups in total. The maximum Gasteiger partial charge on any atom is 0.405 e. The fraction of sp³-hybridized carbons (Fsp3) is 0.632. The molecule has 1 aromatic rings. The number of alkyl halides is 3. The lowest BCUT2D eigenvalue weighted by atomic mass is 9.81. The Hall–Kier alpha value is -1.60. The third-order valence-electron chi connectivity index (χ3n) is 4.90. The fourth-order valence-electron chi connectivity index (χ4n) is 3.23. The van der Waals surface area contributed by atoms with Crippen molar-refractivity contribution in [2.24, 2.45) is 0 Å². The number of carbonyl (C=O) groups excluding carboxylic acids is 1. The molecule has 1 atom stereocenters. The molecule has 7 heteroatoms. The van der Waals surface area contributed by atoms with Gasteiger partial charge in [0.15, 0.2) is 0 Å². The summed E-state index contributed by atoms with van der Waals surface area (Å²) >= 11 is 0. The number of amides is 1. The molecule has 1 aliphatic rings. The number of hydrogen-bond donors (Lipinski definition) is 2. The van der Waals surface area contributed by atoms with Crippen LogP contribution < -0.4 is 10.6 Å². The van der Waals surface area contributed by atoms with E-state index in [2.05, 4.69) is 10.6 Å². The normalized spacial score (nSPS) is 17.8. The van der Waals surface area contributed by atoms with Crippen LogP contribution in [-0.2, 0) is 10.2 Å². The molecule has 0 saturated carbocycles. The van der Waals surface area contributed by atoms with Gasteiger partial charge in [-0.15, -0.1) is 0 Å². The maximum atomic E-state index is 13.4. The van der Waals surface area contributed by atoms with E-state index < -0.39 is 24.2 Å². The van der Waals surface area contributed by atoms with Crippen LogP contribution in [0.5, 0.6) is 0 Å². The van der Waals surface area contributed by atoms with Crippen molar-refractivity contribution in [3.63, 3.8) is 0 Å². The standard InChI is InChI=1S/C19H28F3N3O/c1-14-4-6-15(7-5-14)18(2,3)12-17(26)24-13-16(19(20,21)22)25-10-8-23-9-11-25/h4-7,16,23H,8-13H2,1-3H3,(H,24,26). The Morgan fingerprint density at radius 2 is 1.77 bits per heavy atom. The first-order valence-electron chi connectivity index (χ1n) is 8.95. The van der Waals surface area contributed by atoms with E-state index in [0.29, 0.717) is 26.2 Å². The molecule has 4 nitrogen and oxygen atoms in total. The Bertz CT molecular complexity index is 593. The quantitative estimate of drug-likeness (QED) is 0.808. The van der Waals surface area contributed by atoms with E-state index in [1.165, 1.54) is 4.90 Å². The second kappa shape index (κ2) is 8.39. The van der Waals surface area contributed by atoms with Crippen molar-refractivity contribution >= 4 is 5.91 Å². The molecule has 0 aromatic heterocycles.